The summed E-state index contributed by atoms with van der Waals surface area (Å²) in [7, 11) is 0. The Bertz CT molecular complexity index is 116. The second-order valence-corrected chi connectivity index (χ2v) is 4.05. The molecule has 1 aliphatic rings. The minimum absolute atomic E-state index is 1.14. The van der Waals surface area contributed by atoms with Crippen LogP contribution in [0.5, 0.6) is 0 Å². The summed E-state index contributed by atoms with van der Waals surface area (Å²) < 4.78 is 0. The van der Waals surface area contributed by atoms with Crippen LogP contribution in [-0.2, 0) is 0 Å². The molecule has 0 bridgehead atoms. The summed E-state index contributed by atoms with van der Waals surface area (Å²) in [6, 6.07) is 0. The maximum atomic E-state index is 3.71. The Labute approximate surface area is 95.5 Å². The van der Waals surface area contributed by atoms with E-state index in [4.69, 9.17) is 0 Å². The van der Waals surface area contributed by atoms with Crippen LogP contribution >= 0.6 is 0 Å². The van der Waals surface area contributed by atoms with Gasteiger partial charge in [-0.1, -0.05) is 51.5 Å². The normalized spacial score (nSPS) is 13.7. The highest BCUT2D eigenvalue weighted by Gasteiger charge is 1.90. The largest absolute Gasteiger partial charge is 0.256 e. The molecule has 0 aromatic rings. The molecule has 0 aliphatic carbocycles. The van der Waals surface area contributed by atoms with E-state index in [9.17, 15) is 0 Å². The van der Waals surface area contributed by atoms with Gasteiger partial charge in [0.1, 0.15) is 0 Å². The molecule has 1 heterocycles. The molecule has 1 rings (SSSR count). The van der Waals surface area contributed by atoms with E-state index in [-0.39, 0.29) is 0 Å². The van der Waals surface area contributed by atoms with Gasteiger partial charge in [-0.15, -0.1) is 6.58 Å². The van der Waals surface area contributed by atoms with Crippen molar-refractivity contribution in [1.82, 2.24) is 10.9 Å². The van der Waals surface area contributed by atoms with E-state index in [1.165, 1.54) is 51.4 Å². The summed E-state index contributed by atoms with van der Waals surface area (Å²) >= 11 is 0. The standard InChI is InChI=1S/C11H22.C2H6N2/c1-3-5-7-9-11-10-8-6-4-2;1-2-4-3-1/h3H,1,4-11H2,2H3;3-4H,1-2H2. The molecule has 0 saturated carbocycles. The Balaban J connectivity index is 0.000000401. The topological polar surface area (TPSA) is 24.1 Å². The van der Waals surface area contributed by atoms with E-state index in [1.54, 1.807) is 0 Å². The first-order chi connectivity index (χ1) is 7.41. The van der Waals surface area contributed by atoms with Crippen LogP contribution in [0.1, 0.15) is 58.3 Å². The van der Waals surface area contributed by atoms with Crippen molar-refractivity contribution in [3.05, 3.63) is 12.7 Å². The molecule has 1 fully saturated rings. The van der Waals surface area contributed by atoms with Crippen molar-refractivity contribution >= 4 is 0 Å². The first kappa shape index (κ1) is 14.7. The molecule has 15 heavy (non-hydrogen) atoms. The second kappa shape index (κ2) is 13.7. The maximum Gasteiger partial charge on any atom is 0.0239 e. The zero-order chi connectivity index (χ0) is 11.2. The highest BCUT2D eigenvalue weighted by Crippen LogP contribution is 2.07. The molecule has 2 nitrogen and oxygen atoms in total. The van der Waals surface area contributed by atoms with Gasteiger partial charge in [0, 0.05) is 13.1 Å². The molecule has 1 aliphatic heterocycles. The third-order valence-corrected chi connectivity index (χ3v) is 2.51. The van der Waals surface area contributed by atoms with Gasteiger partial charge in [0.05, 0.1) is 0 Å². The minimum atomic E-state index is 1.14. The molecule has 0 aromatic carbocycles. The van der Waals surface area contributed by atoms with Crippen LogP contribution in [-0.4, -0.2) is 13.1 Å². The van der Waals surface area contributed by atoms with Crippen LogP contribution in [0.4, 0.5) is 0 Å². The van der Waals surface area contributed by atoms with Crippen LogP contribution in [0.2, 0.25) is 0 Å². The lowest BCUT2D eigenvalue weighted by Gasteiger charge is -2.13. The van der Waals surface area contributed by atoms with Crippen molar-refractivity contribution < 1.29 is 0 Å². The van der Waals surface area contributed by atoms with E-state index in [1.807, 2.05) is 6.08 Å². The van der Waals surface area contributed by atoms with Crippen molar-refractivity contribution in [1.29, 1.82) is 0 Å². The molecule has 90 valence electrons. The molecule has 2 N–H and O–H groups in total. The van der Waals surface area contributed by atoms with Crippen LogP contribution < -0.4 is 10.9 Å². The highest BCUT2D eigenvalue weighted by molar-refractivity contribution is 4.65. The second-order valence-electron chi connectivity index (χ2n) is 4.05. The average Bonchev–Trinajstić information content (AvgIpc) is 2.14. The van der Waals surface area contributed by atoms with Gasteiger partial charge in [0.15, 0.2) is 0 Å². The average molecular weight is 212 g/mol. The fourth-order valence-corrected chi connectivity index (χ4v) is 1.37. The van der Waals surface area contributed by atoms with Gasteiger partial charge in [0.2, 0.25) is 0 Å². The molecular formula is C13H28N2. The summed E-state index contributed by atoms with van der Waals surface area (Å²) in [5, 5.41) is 0. The molecule has 0 aromatic heterocycles. The summed E-state index contributed by atoms with van der Waals surface area (Å²) in [5.41, 5.74) is 5.72. The van der Waals surface area contributed by atoms with E-state index >= 15 is 0 Å². The van der Waals surface area contributed by atoms with E-state index in [0.717, 1.165) is 13.1 Å². The smallest absolute Gasteiger partial charge is 0.0239 e. The van der Waals surface area contributed by atoms with Crippen LogP contribution in [0.25, 0.3) is 0 Å². The lowest BCUT2D eigenvalue weighted by Crippen LogP contribution is -2.49. The Morgan fingerprint density at radius 1 is 0.933 bits per heavy atom. The third kappa shape index (κ3) is 13.7. The first-order valence-electron chi connectivity index (χ1n) is 6.48. The SMILES string of the molecule is C1CNN1.C=CCCCCCCCCC. The molecule has 0 unspecified atom stereocenters. The van der Waals surface area contributed by atoms with Crippen molar-refractivity contribution in [2.24, 2.45) is 0 Å². The predicted octanol–water partition coefficient (Wildman–Crippen LogP) is 3.41. The highest BCUT2D eigenvalue weighted by atomic mass is 15.4. The Hall–Kier alpha value is -0.340. The first-order valence-corrected chi connectivity index (χ1v) is 6.48. The third-order valence-electron chi connectivity index (χ3n) is 2.51. The van der Waals surface area contributed by atoms with Gasteiger partial charge < -0.3 is 0 Å². The maximum absolute atomic E-state index is 3.71. The number of allylic oxidation sites excluding steroid dienone is 1. The van der Waals surface area contributed by atoms with Gasteiger partial charge in [0.25, 0.3) is 0 Å². The van der Waals surface area contributed by atoms with Crippen molar-refractivity contribution in [2.75, 3.05) is 13.1 Å². The summed E-state index contributed by atoms with van der Waals surface area (Å²) in [6.07, 6.45) is 13.0. The van der Waals surface area contributed by atoms with Gasteiger partial charge in [-0.3, -0.25) is 10.9 Å². The van der Waals surface area contributed by atoms with Gasteiger partial charge in [-0.25, -0.2) is 0 Å². The Morgan fingerprint density at radius 3 is 1.80 bits per heavy atom. The molecule has 1 saturated heterocycles. The number of unbranched alkanes of at least 4 members (excludes halogenated alkanes) is 7. The van der Waals surface area contributed by atoms with E-state index in [2.05, 4.69) is 24.4 Å². The number of hydrazine groups is 1. The van der Waals surface area contributed by atoms with Crippen LogP contribution in [0.3, 0.4) is 0 Å². The quantitative estimate of drug-likeness (QED) is 0.476. The van der Waals surface area contributed by atoms with Crippen molar-refractivity contribution in [3.8, 4) is 0 Å². The van der Waals surface area contributed by atoms with Gasteiger partial charge in [-0.05, 0) is 12.8 Å². The molecule has 0 radical (unpaired) electrons. The summed E-state index contributed by atoms with van der Waals surface area (Å²) in [6.45, 7) is 8.25. The van der Waals surface area contributed by atoms with Crippen LogP contribution in [0.15, 0.2) is 12.7 Å². The molecule has 0 spiro atoms. The minimum Gasteiger partial charge on any atom is -0.256 e. The van der Waals surface area contributed by atoms with Crippen molar-refractivity contribution in [3.63, 3.8) is 0 Å². The Kier molecular flexibility index (Phi) is 13.4. The van der Waals surface area contributed by atoms with Gasteiger partial charge in [-0.2, -0.15) is 0 Å². The Morgan fingerprint density at radius 2 is 1.40 bits per heavy atom. The molecular weight excluding hydrogens is 184 g/mol. The monoisotopic (exact) mass is 212 g/mol. The van der Waals surface area contributed by atoms with Gasteiger partial charge >= 0.3 is 0 Å². The molecule has 2 heteroatoms. The molecule has 0 amide bonds. The lowest BCUT2D eigenvalue weighted by molar-refractivity contribution is 0.423. The fraction of sp³-hybridized carbons (Fsp3) is 0.846. The summed E-state index contributed by atoms with van der Waals surface area (Å²) in [5.74, 6) is 0. The number of rotatable bonds is 8. The number of hydrogen-bond acceptors (Lipinski definition) is 2. The fourth-order valence-electron chi connectivity index (χ4n) is 1.37. The van der Waals surface area contributed by atoms with E-state index in [0.29, 0.717) is 0 Å². The van der Waals surface area contributed by atoms with Crippen LogP contribution in [0, 0.1) is 0 Å². The predicted molar refractivity (Wildman–Crippen MR) is 68.8 cm³/mol. The zero-order valence-electron chi connectivity index (χ0n) is 10.4. The lowest BCUT2D eigenvalue weighted by atomic mass is 10.1. The van der Waals surface area contributed by atoms with Crippen molar-refractivity contribution in [2.45, 2.75) is 58.3 Å². The number of nitrogens with one attached hydrogen (secondary N) is 2. The molecule has 0 atom stereocenters. The summed E-state index contributed by atoms with van der Waals surface area (Å²) in [4.78, 5) is 0. The number of hydrogen-bond donors (Lipinski definition) is 2. The van der Waals surface area contributed by atoms with E-state index < -0.39 is 0 Å². The zero-order valence-corrected chi connectivity index (χ0v) is 10.4.